The Morgan fingerprint density at radius 3 is 2.35 bits per heavy atom. The molecule has 0 bridgehead atoms. The molecule has 0 rings (SSSR count). The Morgan fingerprint density at radius 2 is 1.94 bits per heavy atom. The molecule has 0 heterocycles. The van der Waals surface area contributed by atoms with Gasteiger partial charge in [-0.2, -0.15) is 0 Å². The maximum Gasteiger partial charge on any atom is 0.240 e. The zero-order chi connectivity index (χ0) is 13.5. The van der Waals surface area contributed by atoms with Crippen molar-refractivity contribution in [1.29, 1.82) is 0 Å². The molecule has 0 atom stereocenters. The lowest BCUT2D eigenvalue weighted by atomic mass is 9.91. The Labute approximate surface area is 103 Å². The number of nitrogens with two attached hydrogens (primary N) is 1. The number of amides is 2. The second-order valence-electron chi connectivity index (χ2n) is 4.74. The molecular weight excluding hydrogens is 220 g/mol. The molecule has 6 heteroatoms. The summed E-state index contributed by atoms with van der Waals surface area (Å²) in [5.41, 5.74) is 1.54. The molecule has 0 aliphatic heterocycles. The number of carbonyl (C=O) groups is 2. The van der Waals surface area contributed by atoms with E-state index < -0.39 is 5.41 Å². The first-order chi connectivity index (χ1) is 7.87. The predicted octanol–water partition coefficient (Wildman–Crippen LogP) is -0.539. The highest BCUT2D eigenvalue weighted by atomic mass is 16.2. The highest BCUT2D eigenvalue weighted by molar-refractivity contribution is 5.81. The lowest BCUT2D eigenvalue weighted by molar-refractivity contribution is -0.131. The van der Waals surface area contributed by atoms with E-state index in [1.807, 2.05) is 25.7 Å². The average Bonchev–Trinajstić information content (AvgIpc) is 2.27. The van der Waals surface area contributed by atoms with Crippen LogP contribution in [0.5, 0.6) is 0 Å². The van der Waals surface area contributed by atoms with Gasteiger partial charge in [-0.05, 0) is 26.8 Å². The third kappa shape index (κ3) is 5.65. The summed E-state index contributed by atoms with van der Waals surface area (Å²) in [5.74, 6) is 4.86. The molecule has 0 fully saturated rings. The smallest absolute Gasteiger partial charge is 0.240 e. The van der Waals surface area contributed by atoms with Crippen molar-refractivity contribution in [2.75, 3.05) is 26.7 Å². The van der Waals surface area contributed by atoms with Crippen LogP contribution in [0.4, 0.5) is 0 Å². The Kier molecular flexibility index (Phi) is 6.75. The zero-order valence-corrected chi connectivity index (χ0v) is 11.2. The molecule has 17 heavy (non-hydrogen) atoms. The van der Waals surface area contributed by atoms with Gasteiger partial charge in [0.05, 0.1) is 12.0 Å². The fourth-order valence-corrected chi connectivity index (χ4v) is 1.64. The number of hydrogen-bond donors (Lipinski definition) is 3. The van der Waals surface area contributed by atoms with Crippen LogP contribution in [0.1, 0.15) is 27.2 Å². The summed E-state index contributed by atoms with van der Waals surface area (Å²) in [6, 6.07) is 0. The van der Waals surface area contributed by atoms with Crippen molar-refractivity contribution < 1.29 is 9.59 Å². The van der Waals surface area contributed by atoms with Crippen LogP contribution in [0.25, 0.3) is 0 Å². The van der Waals surface area contributed by atoms with E-state index in [-0.39, 0.29) is 11.8 Å². The molecule has 0 spiro atoms. The van der Waals surface area contributed by atoms with Crippen LogP contribution in [0.15, 0.2) is 0 Å². The number of nitrogens with zero attached hydrogens (tertiary/aromatic N) is 1. The molecule has 4 N–H and O–H groups in total. The fourth-order valence-electron chi connectivity index (χ4n) is 1.64. The van der Waals surface area contributed by atoms with Crippen molar-refractivity contribution in [3.8, 4) is 0 Å². The van der Waals surface area contributed by atoms with Crippen molar-refractivity contribution in [1.82, 2.24) is 15.6 Å². The third-order valence-corrected chi connectivity index (χ3v) is 2.55. The molecule has 0 aromatic carbocycles. The second kappa shape index (κ2) is 7.24. The molecule has 0 aromatic rings. The zero-order valence-electron chi connectivity index (χ0n) is 11.2. The van der Waals surface area contributed by atoms with Crippen LogP contribution in [0.3, 0.4) is 0 Å². The number of rotatable bonds is 7. The summed E-state index contributed by atoms with van der Waals surface area (Å²) < 4.78 is 0. The van der Waals surface area contributed by atoms with Gasteiger partial charge in [-0.15, -0.1) is 0 Å². The van der Waals surface area contributed by atoms with E-state index in [0.29, 0.717) is 13.1 Å². The molecule has 100 valence electrons. The number of hydrazine groups is 1. The predicted molar refractivity (Wildman–Crippen MR) is 66.9 cm³/mol. The van der Waals surface area contributed by atoms with Gasteiger partial charge in [0, 0.05) is 13.6 Å². The van der Waals surface area contributed by atoms with Gasteiger partial charge in [0.25, 0.3) is 0 Å². The van der Waals surface area contributed by atoms with Gasteiger partial charge in [-0.25, -0.2) is 5.84 Å². The maximum atomic E-state index is 11.6. The third-order valence-electron chi connectivity index (χ3n) is 2.55. The number of nitrogens with one attached hydrogen (secondary N) is 2. The Balaban J connectivity index is 4.52. The van der Waals surface area contributed by atoms with Crippen LogP contribution in [0.2, 0.25) is 0 Å². The summed E-state index contributed by atoms with van der Waals surface area (Å²) >= 11 is 0. The monoisotopic (exact) mass is 244 g/mol. The quantitative estimate of drug-likeness (QED) is 0.319. The van der Waals surface area contributed by atoms with Gasteiger partial charge in [-0.1, -0.05) is 6.92 Å². The second-order valence-corrected chi connectivity index (χ2v) is 4.74. The summed E-state index contributed by atoms with van der Waals surface area (Å²) in [4.78, 5) is 24.9. The molecule has 0 aliphatic rings. The van der Waals surface area contributed by atoms with E-state index in [1.165, 1.54) is 0 Å². The van der Waals surface area contributed by atoms with Crippen molar-refractivity contribution in [2.24, 2.45) is 11.3 Å². The Morgan fingerprint density at radius 1 is 1.35 bits per heavy atom. The van der Waals surface area contributed by atoms with E-state index >= 15 is 0 Å². The van der Waals surface area contributed by atoms with Crippen LogP contribution in [-0.2, 0) is 9.59 Å². The molecule has 0 unspecified atom stereocenters. The highest BCUT2D eigenvalue weighted by Gasteiger charge is 2.29. The summed E-state index contributed by atoms with van der Waals surface area (Å²) in [6.45, 7) is 7.22. The molecule has 0 saturated carbocycles. The maximum absolute atomic E-state index is 11.6. The van der Waals surface area contributed by atoms with Gasteiger partial charge in [0.1, 0.15) is 0 Å². The normalized spacial score (nSPS) is 11.4. The molecule has 0 aromatic heterocycles. The van der Waals surface area contributed by atoms with Gasteiger partial charge in [0.15, 0.2) is 0 Å². The topological polar surface area (TPSA) is 87.5 Å². The average molecular weight is 244 g/mol. The molecule has 0 saturated heterocycles. The lowest BCUT2D eigenvalue weighted by Gasteiger charge is -2.30. The molecule has 0 radical (unpaired) electrons. The lowest BCUT2D eigenvalue weighted by Crippen LogP contribution is -2.49. The molecular formula is C11H24N4O2. The van der Waals surface area contributed by atoms with Crippen molar-refractivity contribution in [2.45, 2.75) is 27.2 Å². The van der Waals surface area contributed by atoms with E-state index in [9.17, 15) is 9.59 Å². The van der Waals surface area contributed by atoms with Gasteiger partial charge >= 0.3 is 0 Å². The summed E-state index contributed by atoms with van der Waals surface area (Å²) in [6.07, 6.45) is 0.928. The molecule has 0 aliphatic carbocycles. The first-order valence-electron chi connectivity index (χ1n) is 5.81. The number of likely N-dealkylation sites (N-methyl/N-ethyl adjacent to an activating group) is 1. The minimum Gasteiger partial charge on any atom is -0.358 e. The van der Waals surface area contributed by atoms with Gasteiger partial charge in [0.2, 0.25) is 11.8 Å². The number of carbonyl (C=O) groups excluding carboxylic acids is 2. The van der Waals surface area contributed by atoms with Gasteiger partial charge in [-0.3, -0.25) is 19.9 Å². The summed E-state index contributed by atoms with van der Waals surface area (Å²) in [7, 11) is 1.60. The largest absolute Gasteiger partial charge is 0.358 e. The standard InChI is InChI=1S/C11H24N4O2/c1-5-6-15(7-9(16)13-4)8-11(2,3)10(17)14-12/h5-8,12H2,1-4H3,(H,13,16)(H,14,17). The Hall–Kier alpha value is -1.14. The fraction of sp³-hybridized carbons (Fsp3) is 0.818. The van der Waals surface area contributed by atoms with Crippen molar-refractivity contribution >= 4 is 11.8 Å². The van der Waals surface area contributed by atoms with Crippen LogP contribution in [0, 0.1) is 5.41 Å². The van der Waals surface area contributed by atoms with Crippen LogP contribution < -0.4 is 16.6 Å². The van der Waals surface area contributed by atoms with Crippen molar-refractivity contribution in [3.05, 3.63) is 0 Å². The van der Waals surface area contributed by atoms with Crippen LogP contribution in [-0.4, -0.2) is 43.4 Å². The van der Waals surface area contributed by atoms with Crippen LogP contribution >= 0.6 is 0 Å². The minimum absolute atomic E-state index is 0.0533. The number of hydrogen-bond acceptors (Lipinski definition) is 4. The first-order valence-corrected chi connectivity index (χ1v) is 5.81. The van der Waals surface area contributed by atoms with E-state index in [1.54, 1.807) is 7.05 Å². The Bertz CT molecular complexity index is 266. The molecule has 6 nitrogen and oxygen atoms in total. The SMILES string of the molecule is CCCN(CC(=O)NC)CC(C)(C)C(=O)NN. The van der Waals surface area contributed by atoms with Crippen molar-refractivity contribution in [3.63, 3.8) is 0 Å². The van der Waals surface area contributed by atoms with Gasteiger partial charge < -0.3 is 5.32 Å². The van der Waals surface area contributed by atoms with E-state index in [4.69, 9.17) is 5.84 Å². The highest BCUT2D eigenvalue weighted by Crippen LogP contribution is 2.17. The molecule has 2 amide bonds. The van der Waals surface area contributed by atoms with E-state index in [2.05, 4.69) is 10.7 Å². The minimum atomic E-state index is -0.613. The summed E-state index contributed by atoms with van der Waals surface area (Å²) in [5, 5.41) is 2.58. The first kappa shape index (κ1) is 15.9. The van der Waals surface area contributed by atoms with E-state index in [0.717, 1.165) is 13.0 Å².